The van der Waals surface area contributed by atoms with Crippen LogP contribution in [-0.4, -0.2) is 16.7 Å². The molecule has 6 nitrogen and oxygen atoms in total. The zero-order valence-electron chi connectivity index (χ0n) is 16.3. The largest absolute Gasteiger partial charge is 0.282 e. The monoisotopic (exact) mass is 451 g/mol. The zero-order valence-corrected chi connectivity index (χ0v) is 17.8. The highest BCUT2D eigenvalue weighted by Gasteiger charge is 2.33. The fraction of sp³-hybridized carbons (Fsp3) is 0.0435. The minimum atomic E-state index is -0.485. The summed E-state index contributed by atoms with van der Waals surface area (Å²) in [5.74, 6) is 0.0291. The summed E-state index contributed by atoms with van der Waals surface area (Å²) >= 11 is 12.4. The van der Waals surface area contributed by atoms with E-state index in [1.54, 1.807) is 48.5 Å². The van der Waals surface area contributed by atoms with Gasteiger partial charge in [-0.15, -0.1) is 0 Å². The van der Waals surface area contributed by atoms with Crippen LogP contribution >= 0.6 is 23.2 Å². The number of benzene rings is 3. The second kappa shape index (κ2) is 8.34. The van der Waals surface area contributed by atoms with Crippen LogP contribution in [0.2, 0.25) is 10.0 Å². The Bertz CT molecular complexity index is 1280. The van der Waals surface area contributed by atoms with E-state index < -0.39 is 4.92 Å². The van der Waals surface area contributed by atoms with Crippen molar-refractivity contribution in [2.75, 3.05) is 4.90 Å². The Hall–Kier alpha value is -3.48. The molecule has 3 aromatic rings. The van der Waals surface area contributed by atoms with Crippen LogP contribution in [0.4, 0.5) is 11.4 Å². The van der Waals surface area contributed by atoms with Crippen LogP contribution in [0.5, 0.6) is 0 Å². The number of amides is 1. The van der Waals surface area contributed by atoms with E-state index in [2.05, 4.69) is 4.99 Å². The van der Waals surface area contributed by atoms with E-state index in [4.69, 9.17) is 23.2 Å². The summed E-state index contributed by atoms with van der Waals surface area (Å²) in [6.07, 6.45) is 1.53. The summed E-state index contributed by atoms with van der Waals surface area (Å²) in [4.78, 5) is 30.0. The number of non-ortho nitro benzene ring substituents is 1. The number of amidine groups is 1. The molecule has 4 rings (SSSR count). The molecule has 0 aromatic heterocycles. The molecule has 0 N–H and O–H groups in total. The van der Waals surface area contributed by atoms with Crippen LogP contribution in [0.3, 0.4) is 0 Å². The lowest BCUT2D eigenvalue weighted by Gasteiger charge is -2.21. The van der Waals surface area contributed by atoms with Gasteiger partial charge in [-0.2, -0.15) is 0 Å². The molecule has 0 unspecified atom stereocenters. The fourth-order valence-electron chi connectivity index (χ4n) is 3.27. The van der Waals surface area contributed by atoms with E-state index in [1.165, 1.54) is 23.1 Å². The van der Waals surface area contributed by atoms with Crippen molar-refractivity contribution in [3.05, 3.63) is 109 Å². The van der Waals surface area contributed by atoms with Crippen LogP contribution < -0.4 is 4.90 Å². The second-order valence-corrected chi connectivity index (χ2v) is 7.77. The van der Waals surface area contributed by atoms with Gasteiger partial charge in [-0.1, -0.05) is 53.5 Å². The average Bonchev–Trinajstić information content (AvgIpc) is 3.06. The maximum atomic E-state index is 13.4. The van der Waals surface area contributed by atoms with Crippen molar-refractivity contribution in [2.24, 2.45) is 4.99 Å². The van der Waals surface area contributed by atoms with Crippen molar-refractivity contribution in [2.45, 2.75) is 6.92 Å². The molecule has 0 aliphatic carbocycles. The molecular formula is C23H15Cl2N3O3. The van der Waals surface area contributed by atoms with Crippen molar-refractivity contribution in [1.82, 2.24) is 0 Å². The van der Waals surface area contributed by atoms with Crippen molar-refractivity contribution < 1.29 is 9.72 Å². The summed E-state index contributed by atoms with van der Waals surface area (Å²) in [5, 5.41) is 12.1. The number of aryl methyl sites for hydroxylation is 1. The number of hydrogen-bond donors (Lipinski definition) is 0. The number of aliphatic imine (C=N–C) groups is 1. The van der Waals surface area contributed by atoms with Crippen molar-refractivity contribution in [1.29, 1.82) is 0 Å². The van der Waals surface area contributed by atoms with Crippen LogP contribution in [0.1, 0.15) is 16.7 Å². The molecule has 31 heavy (non-hydrogen) atoms. The molecule has 0 saturated carbocycles. The number of carbonyl (C=O) groups excluding carboxylic acids is 1. The lowest BCUT2D eigenvalue weighted by Crippen LogP contribution is -2.33. The van der Waals surface area contributed by atoms with Gasteiger partial charge in [-0.3, -0.25) is 19.8 Å². The van der Waals surface area contributed by atoms with Gasteiger partial charge >= 0.3 is 0 Å². The lowest BCUT2D eigenvalue weighted by molar-refractivity contribution is -0.384. The zero-order chi connectivity index (χ0) is 22.1. The smallest absolute Gasteiger partial charge is 0.266 e. The number of carbonyl (C=O) groups is 1. The topological polar surface area (TPSA) is 75.8 Å². The predicted molar refractivity (Wildman–Crippen MR) is 123 cm³/mol. The fourth-order valence-corrected chi connectivity index (χ4v) is 3.63. The van der Waals surface area contributed by atoms with Gasteiger partial charge in [-0.25, -0.2) is 4.99 Å². The van der Waals surface area contributed by atoms with Gasteiger partial charge in [-0.05, 0) is 48.4 Å². The van der Waals surface area contributed by atoms with E-state index in [9.17, 15) is 14.9 Å². The van der Waals surface area contributed by atoms with Crippen LogP contribution in [0.15, 0.2) is 77.4 Å². The van der Waals surface area contributed by atoms with E-state index in [-0.39, 0.29) is 17.3 Å². The molecule has 1 aliphatic heterocycles. The molecule has 0 bridgehead atoms. The Balaban J connectivity index is 1.87. The van der Waals surface area contributed by atoms with Gasteiger partial charge < -0.3 is 0 Å². The first-order valence-electron chi connectivity index (χ1n) is 9.25. The third-order valence-electron chi connectivity index (χ3n) is 4.74. The molecule has 1 amide bonds. The Morgan fingerprint density at radius 2 is 1.74 bits per heavy atom. The first-order valence-corrected chi connectivity index (χ1v) is 10.0. The summed E-state index contributed by atoms with van der Waals surface area (Å²) in [7, 11) is 0. The Kier molecular flexibility index (Phi) is 5.59. The molecule has 1 aliphatic rings. The molecule has 154 valence electrons. The number of nitrogens with zero attached hydrogens (tertiary/aromatic N) is 3. The molecule has 0 spiro atoms. The SMILES string of the molecule is Cc1ccc(Cl)cc1N1C(=O)/C(=C/c2cccc([N+](=O)[O-])c2)N=C1c1cccc(Cl)c1. The molecule has 0 radical (unpaired) electrons. The van der Waals surface area contributed by atoms with Gasteiger partial charge in [0.2, 0.25) is 0 Å². The van der Waals surface area contributed by atoms with Crippen LogP contribution in [0.25, 0.3) is 6.08 Å². The molecule has 0 fully saturated rings. The average molecular weight is 452 g/mol. The summed E-state index contributed by atoms with van der Waals surface area (Å²) < 4.78 is 0. The standard InChI is InChI=1S/C23H15Cl2N3O3/c1-14-8-9-18(25)13-21(14)27-22(16-5-3-6-17(24)12-16)26-20(23(27)29)11-15-4-2-7-19(10-15)28(30)31/h2-13H,1H3/b20-11-. The Morgan fingerprint density at radius 3 is 2.48 bits per heavy atom. The third-order valence-corrected chi connectivity index (χ3v) is 5.21. The van der Waals surface area contributed by atoms with Gasteiger partial charge in [0.1, 0.15) is 11.5 Å². The minimum Gasteiger partial charge on any atom is -0.266 e. The number of hydrogen-bond acceptors (Lipinski definition) is 4. The second-order valence-electron chi connectivity index (χ2n) is 6.90. The van der Waals surface area contributed by atoms with Gasteiger partial charge in [0.05, 0.1) is 10.6 Å². The van der Waals surface area contributed by atoms with Crippen LogP contribution in [0, 0.1) is 17.0 Å². The first kappa shape index (κ1) is 20.8. The highest BCUT2D eigenvalue weighted by atomic mass is 35.5. The first-order chi connectivity index (χ1) is 14.8. The highest BCUT2D eigenvalue weighted by Crippen LogP contribution is 2.32. The molecular weight excluding hydrogens is 437 g/mol. The maximum Gasteiger partial charge on any atom is 0.282 e. The molecule has 1 heterocycles. The summed E-state index contributed by atoms with van der Waals surface area (Å²) in [5.41, 5.74) is 2.66. The van der Waals surface area contributed by atoms with Gasteiger partial charge in [0.15, 0.2) is 0 Å². The van der Waals surface area contributed by atoms with E-state index in [0.717, 1.165) is 5.56 Å². The normalized spacial score (nSPS) is 14.8. The number of anilines is 1. The Morgan fingerprint density at radius 1 is 1.00 bits per heavy atom. The summed E-state index contributed by atoms with van der Waals surface area (Å²) in [6, 6.07) is 18.3. The predicted octanol–water partition coefficient (Wildman–Crippen LogP) is 6.04. The van der Waals surface area contributed by atoms with E-state index in [0.29, 0.717) is 32.7 Å². The highest BCUT2D eigenvalue weighted by molar-refractivity contribution is 6.36. The third kappa shape index (κ3) is 4.21. The minimum absolute atomic E-state index is 0.0682. The molecule has 8 heteroatoms. The Labute approximate surface area is 188 Å². The lowest BCUT2D eigenvalue weighted by atomic mass is 10.1. The number of halogens is 2. The van der Waals surface area contributed by atoms with Gasteiger partial charge in [0.25, 0.3) is 11.6 Å². The quantitative estimate of drug-likeness (QED) is 0.275. The molecule has 0 saturated heterocycles. The summed E-state index contributed by atoms with van der Waals surface area (Å²) in [6.45, 7) is 1.87. The number of rotatable bonds is 4. The van der Waals surface area contributed by atoms with Crippen molar-refractivity contribution in [3.63, 3.8) is 0 Å². The molecule has 0 atom stereocenters. The number of nitro benzene ring substituents is 1. The van der Waals surface area contributed by atoms with Gasteiger partial charge in [0, 0.05) is 27.7 Å². The van der Waals surface area contributed by atoms with Crippen LogP contribution in [-0.2, 0) is 4.79 Å². The van der Waals surface area contributed by atoms with E-state index in [1.807, 2.05) is 13.0 Å². The van der Waals surface area contributed by atoms with E-state index >= 15 is 0 Å². The number of nitro groups is 1. The van der Waals surface area contributed by atoms with Crippen molar-refractivity contribution >= 4 is 52.4 Å². The molecule has 3 aromatic carbocycles. The van der Waals surface area contributed by atoms with Crippen molar-refractivity contribution in [3.8, 4) is 0 Å². The maximum absolute atomic E-state index is 13.4.